The minimum atomic E-state index is -0.631. The Kier molecular flexibility index (Phi) is 4.13. The van der Waals surface area contributed by atoms with Gasteiger partial charge in [-0.25, -0.2) is 9.78 Å². The maximum atomic E-state index is 11.7. The van der Waals surface area contributed by atoms with E-state index in [2.05, 4.69) is 9.88 Å². The molecule has 3 N–H and O–H groups in total. The number of nitrogens with two attached hydrogens (primary N) is 1. The molecule has 2 rings (SSSR count). The summed E-state index contributed by atoms with van der Waals surface area (Å²) in [7, 11) is 1.32. The Morgan fingerprint density at radius 2 is 2.25 bits per heavy atom. The molecule has 0 saturated carbocycles. The Bertz CT molecular complexity index is 502. The average Bonchev–Trinajstić information content (AvgIpc) is 2.59. The minimum Gasteiger partial charge on any atom is -0.465 e. The molecule has 0 radical (unpaired) electrons. The molecule has 1 aliphatic rings. The smallest absolute Gasteiger partial charge is 0.340 e. The number of pyridine rings is 1. The molecular weight excluding hydrogens is 258 g/mol. The summed E-state index contributed by atoms with van der Waals surface area (Å²) in [6, 6.07) is 1.65. The summed E-state index contributed by atoms with van der Waals surface area (Å²) in [5.41, 5.74) is 5.75. The Labute approximate surface area is 118 Å². The van der Waals surface area contributed by atoms with Crippen LogP contribution >= 0.6 is 0 Å². The zero-order chi connectivity index (χ0) is 14.8. The standard InChI is InChI=1S/C14H21N3O3/c1-14(19)4-3-6-17(7-5-14)12-8-10(13(18)20-2)11(15)9-16-12/h8-9,19H,3-7,15H2,1-2H3. The summed E-state index contributed by atoms with van der Waals surface area (Å²) in [5, 5.41) is 10.1. The minimum absolute atomic E-state index is 0.308. The van der Waals surface area contributed by atoms with Crippen molar-refractivity contribution in [2.75, 3.05) is 30.8 Å². The van der Waals surface area contributed by atoms with Crippen molar-refractivity contribution >= 4 is 17.5 Å². The lowest BCUT2D eigenvalue weighted by Crippen LogP contribution is -2.29. The third-order valence-corrected chi connectivity index (χ3v) is 3.71. The van der Waals surface area contributed by atoms with Crippen LogP contribution in [0.15, 0.2) is 12.3 Å². The number of carbonyl (C=O) groups excluding carboxylic acids is 1. The molecule has 20 heavy (non-hydrogen) atoms. The summed E-state index contributed by atoms with van der Waals surface area (Å²) in [6.07, 6.45) is 3.80. The Morgan fingerprint density at radius 1 is 1.50 bits per heavy atom. The highest BCUT2D eigenvalue weighted by molar-refractivity contribution is 5.95. The van der Waals surface area contributed by atoms with Gasteiger partial charge in [0.15, 0.2) is 0 Å². The second-order valence-electron chi connectivity index (χ2n) is 5.46. The Morgan fingerprint density at radius 3 is 2.95 bits per heavy atom. The van der Waals surface area contributed by atoms with E-state index in [-0.39, 0.29) is 0 Å². The molecule has 6 nitrogen and oxygen atoms in total. The molecule has 1 saturated heterocycles. The normalized spacial score (nSPS) is 23.2. The highest BCUT2D eigenvalue weighted by Gasteiger charge is 2.26. The number of aromatic nitrogens is 1. The van der Waals surface area contributed by atoms with Crippen molar-refractivity contribution in [2.45, 2.75) is 31.8 Å². The molecule has 2 heterocycles. The van der Waals surface area contributed by atoms with Crippen molar-refractivity contribution in [1.82, 2.24) is 4.98 Å². The summed E-state index contributed by atoms with van der Waals surface area (Å²) in [6.45, 7) is 3.35. The molecule has 1 aliphatic heterocycles. The molecule has 1 fully saturated rings. The van der Waals surface area contributed by atoms with Gasteiger partial charge < -0.3 is 20.5 Å². The molecule has 1 aromatic heterocycles. The number of anilines is 2. The number of rotatable bonds is 2. The molecule has 1 aromatic rings. The Hall–Kier alpha value is -1.82. The molecule has 0 amide bonds. The number of methoxy groups -OCH3 is 1. The largest absolute Gasteiger partial charge is 0.465 e. The fourth-order valence-corrected chi connectivity index (χ4v) is 2.41. The molecule has 1 atom stereocenters. The number of esters is 1. The lowest BCUT2D eigenvalue weighted by Gasteiger charge is -2.23. The number of nitrogens with zero attached hydrogens (tertiary/aromatic N) is 2. The third-order valence-electron chi connectivity index (χ3n) is 3.71. The van der Waals surface area contributed by atoms with Gasteiger partial charge in [-0.3, -0.25) is 0 Å². The monoisotopic (exact) mass is 279 g/mol. The van der Waals surface area contributed by atoms with Crippen LogP contribution in [0.2, 0.25) is 0 Å². The summed E-state index contributed by atoms with van der Waals surface area (Å²) in [5.74, 6) is 0.227. The van der Waals surface area contributed by atoms with Gasteiger partial charge in [0.05, 0.1) is 30.2 Å². The van der Waals surface area contributed by atoms with E-state index in [9.17, 15) is 9.90 Å². The number of carbonyl (C=O) groups is 1. The van der Waals surface area contributed by atoms with Crippen molar-refractivity contribution in [3.63, 3.8) is 0 Å². The van der Waals surface area contributed by atoms with Crippen LogP contribution < -0.4 is 10.6 Å². The van der Waals surface area contributed by atoms with E-state index in [0.717, 1.165) is 19.4 Å². The fraction of sp³-hybridized carbons (Fsp3) is 0.571. The predicted octanol–water partition coefficient (Wildman–Crippen LogP) is 1.19. The van der Waals surface area contributed by atoms with Crippen LogP contribution in [0.4, 0.5) is 11.5 Å². The van der Waals surface area contributed by atoms with Crippen molar-refractivity contribution in [3.8, 4) is 0 Å². The van der Waals surface area contributed by atoms with E-state index in [0.29, 0.717) is 30.0 Å². The first-order chi connectivity index (χ1) is 9.43. The quantitative estimate of drug-likeness (QED) is 0.791. The lowest BCUT2D eigenvalue weighted by molar-refractivity contribution is 0.0481. The van der Waals surface area contributed by atoms with E-state index < -0.39 is 11.6 Å². The zero-order valence-electron chi connectivity index (χ0n) is 11.9. The first-order valence-corrected chi connectivity index (χ1v) is 6.74. The second kappa shape index (κ2) is 5.66. The van der Waals surface area contributed by atoms with Crippen LogP contribution in [-0.2, 0) is 4.74 Å². The van der Waals surface area contributed by atoms with Gasteiger partial charge in [-0.15, -0.1) is 0 Å². The first kappa shape index (κ1) is 14.6. The summed E-state index contributed by atoms with van der Waals surface area (Å²) >= 11 is 0. The number of hydrogen-bond donors (Lipinski definition) is 2. The average molecular weight is 279 g/mol. The van der Waals surface area contributed by atoms with Crippen molar-refractivity contribution in [2.24, 2.45) is 0 Å². The van der Waals surface area contributed by atoms with Gasteiger partial charge in [-0.2, -0.15) is 0 Å². The van der Waals surface area contributed by atoms with Gasteiger partial charge in [0.1, 0.15) is 5.82 Å². The number of nitrogen functional groups attached to an aromatic ring is 1. The molecule has 6 heteroatoms. The highest BCUT2D eigenvalue weighted by atomic mass is 16.5. The Balaban J connectivity index is 2.22. The first-order valence-electron chi connectivity index (χ1n) is 6.74. The fourth-order valence-electron chi connectivity index (χ4n) is 2.41. The van der Waals surface area contributed by atoms with Crippen molar-refractivity contribution in [3.05, 3.63) is 17.8 Å². The number of hydrogen-bond acceptors (Lipinski definition) is 6. The van der Waals surface area contributed by atoms with E-state index in [1.165, 1.54) is 13.3 Å². The third kappa shape index (κ3) is 3.19. The number of ether oxygens (including phenoxy) is 1. The van der Waals surface area contributed by atoms with E-state index in [4.69, 9.17) is 10.5 Å². The molecule has 0 aromatic carbocycles. The van der Waals surface area contributed by atoms with Gasteiger partial charge in [0.25, 0.3) is 0 Å². The van der Waals surface area contributed by atoms with Crippen molar-refractivity contribution < 1.29 is 14.6 Å². The maximum Gasteiger partial charge on any atom is 0.340 e. The van der Waals surface area contributed by atoms with Crippen LogP contribution in [0.5, 0.6) is 0 Å². The van der Waals surface area contributed by atoms with Crippen LogP contribution in [0, 0.1) is 0 Å². The van der Waals surface area contributed by atoms with Crippen molar-refractivity contribution in [1.29, 1.82) is 0 Å². The second-order valence-corrected chi connectivity index (χ2v) is 5.46. The molecular formula is C14H21N3O3. The molecule has 0 spiro atoms. The van der Waals surface area contributed by atoms with Crippen LogP contribution in [0.25, 0.3) is 0 Å². The lowest BCUT2D eigenvalue weighted by atomic mass is 9.98. The molecule has 0 aliphatic carbocycles. The van der Waals surface area contributed by atoms with Gasteiger partial charge in [-0.05, 0) is 32.3 Å². The molecule has 110 valence electrons. The topological polar surface area (TPSA) is 88.7 Å². The van der Waals surface area contributed by atoms with Gasteiger partial charge in [0.2, 0.25) is 0 Å². The van der Waals surface area contributed by atoms with Gasteiger partial charge >= 0.3 is 5.97 Å². The van der Waals surface area contributed by atoms with E-state index in [1.54, 1.807) is 6.07 Å². The van der Waals surface area contributed by atoms with Crippen LogP contribution in [-0.4, -0.2) is 41.9 Å². The summed E-state index contributed by atoms with van der Waals surface area (Å²) < 4.78 is 4.71. The molecule has 0 bridgehead atoms. The van der Waals surface area contributed by atoms with Gasteiger partial charge in [-0.1, -0.05) is 0 Å². The zero-order valence-corrected chi connectivity index (χ0v) is 11.9. The van der Waals surface area contributed by atoms with Crippen LogP contribution in [0.1, 0.15) is 36.5 Å². The van der Waals surface area contributed by atoms with E-state index in [1.807, 2.05) is 6.92 Å². The molecule has 1 unspecified atom stereocenters. The SMILES string of the molecule is COC(=O)c1cc(N2CCCC(C)(O)CC2)ncc1N. The van der Waals surface area contributed by atoms with E-state index >= 15 is 0 Å². The number of aliphatic hydroxyl groups is 1. The highest BCUT2D eigenvalue weighted by Crippen LogP contribution is 2.26. The predicted molar refractivity (Wildman–Crippen MR) is 76.7 cm³/mol. The van der Waals surface area contributed by atoms with Crippen LogP contribution in [0.3, 0.4) is 0 Å². The summed E-state index contributed by atoms with van der Waals surface area (Å²) in [4.78, 5) is 18.0. The van der Waals surface area contributed by atoms with Gasteiger partial charge in [0, 0.05) is 13.1 Å². The maximum absolute atomic E-state index is 11.7.